The van der Waals surface area contributed by atoms with Crippen molar-refractivity contribution in [2.75, 3.05) is 53.7 Å². The van der Waals surface area contributed by atoms with Crippen molar-refractivity contribution in [3.8, 4) is 17.2 Å². The molecule has 1 N–H and O–H groups in total. The second-order valence-electron chi connectivity index (χ2n) is 10.7. The lowest BCUT2D eigenvalue weighted by Crippen LogP contribution is -2.40. The number of piperidine rings is 1. The van der Waals surface area contributed by atoms with E-state index in [9.17, 15) is 0 Å². The second-order valence-corrected chi connectivity index (χ2v) is 11.5. The molecule has 0 amide bonds. The highest BCUT2D eigenvalue weighted by atomic mass is 32.1. The van der Waals surface area contributed by atoms with Crippen LogP contribution < -0.4 is 19.5 Å². The molecule has 0 spiro atoms. The van der Waals surface area contributed by atoms with E-state index in [-0.39, 0.29) is 6.10 Å². The normalized spacial score (nSPS) is 16.8. The van der Waals surface area contributed by atoms with Gasteiger partial charge in [-0.05, 0) is 76.8 Å². The maximum atomic E-state index is 6.59. The first-order valence-electron chi connectivity index (χ1n) is 15.1. The Morgan fingerprint density at radius 2 is 1.67 bits per heavy atom. The SMILES string of the molecule is COCCCOc1cc(COC2CNCCC2c2ccc(OCCCOCc3ccsc3)cc2)cc2c(OC)cccc12. The minimum absolute atomic E-state index is 0.0559. The quantitative estimate of drug-likeness (QED) is 0.130. The van der Waals surface area contributed by atoms with Gasteiger partial charge in [-0.15, -0.1) is 0 Å². The van der Waals surface area contributed by atoms with Crippen molar-refractivity contribution in [2.24, 2.45) is 0 Å². The van der Waals surface area contributed by atoms with Crippen LogP contribution in [0.1, 0.15) is 41.9 Å². The lowest BCUT2D eigenvalue weighted by Gasteiger charge is -2.32. The van der Waals surface area contributed by atoms with Crippen molar-refractivity contribution in [1.29, 1.82) is 0 Å². The van der Waals surface area contributed by atoms with E-state index in [2.05, 4.69) is 64.6 Å². The first-order valence-corrected chi connectivity index (χ1v) is 16.0. The molecular weight excluding hydrogens is 562 g/mol. The molecule has 43 heavy (non-hydrogen) atoms. The van der Waals surface area contributed by atoms with E-state index < -0.39 is 0 Å². The first kappa shape index (κ1) is 31.3. The van der Waals surface area contributed by atoms with E-state index in [1.165, 1.54) is 11.1 Å². The van der Waals surface area contributed by atoms with Gasteiger partial charge in [0, 0.05) is 49.8 Å². The predicted molar refractivity (Wildman–Crippen MR) is 172 cm³/mol. The molecule has 8 heteroatoms. The molecule has 0 aliphatic carbocycles. The predicted octanol–water partition coefficient (Wildman–Crippen LogP) is 6.97. The smallest absolute Gasteiger partial charge is 0.127 e. The Hall–Kier alpha value is -3.14. The summed E-state index contributed by atoms with van der Waals surface area (Å²) < 4.78 is 35.4. The molecule has 2 heterocycles. The van der Waals surface area contributed by atoms with Gasteiger partial charge in [-0.2, -0.15) is 11.3 Å². The highest BCUT2D eigenvalue weighted by Crippen LogP contribution is 2.35. The fourth-order valence-corrected chi connectivity index (χ4v) is 6.12. The van der Waals surface area contributed by atoms with Crippen LogP contribution in [0.25, 0.3) is 10.8 Å². The molecule has 7 nitrogen and oxygen atoms in total. The number of fused-ring (bicyclic) bond motifs is 1. The van der Waals surface area contributed by atoms with Crippen LogP contribution in [-0.2, 0) is 27.4 Å². The molecule has 1 saturated heterocycles. The summed E-state index contributed by atoms with van der Waals surface area (Å²) >= 11 is 1.70. The monoisotopic (exact) mass is 605 g/mol. The van der Waals surface area contributed by atoms with Crippen LogP contribution in [0.15, 0.2) is 71.4 Å². The van der Waals surface area contributed by atoms with Crippen molar-refractivity contribution in [1.82, 2.24) is 5.32 Å². The zero-order valence-corrected chi connectivity index (χ0v) is 26.0. The van der Waals surface area contributed by atoms with Crippen LogP contribution in [0.5, 0.6) is 17.2 Å². The highest BCUT2D eigenvalue weighted by molar-refractivity contribution is 7.07. The zero-order valence-electron chi connectivity index (χ0n) is 25.2. The van der Waals surface area contributed by atoms with Crippen LogP contribution in [0.2, 0.25) is 0 Å². The van der Waals surface area contributed by atoms with Gasteiger partial charge in [-0.25, -0.2) is 0 Å². The summed E-state index contributed by atoms with van der Waals surface area (Å²) in [6.07, 6.45) is 2.76. The highest BCUT2D eigenvalue weighted by Gasteiger charge is 2.27. The molecule has 5 rings (SSSR count). The van der Waals surface area contributed by atoms with E-state index in [0.29, 0.717) is 45.6 Å². The molecule has 0 bridgehead atoms. The van der Waals surface area contributed by atoms with Crippen LogP contribution in [0.3, 0.4) is 0 Å². The van der Waals surface area contributed by atoms with E-state index in [1.807, 2.05) is 12.1 Å². The summed E-state index contributed by atoms with van der Waals surface area (Å²) in [6.45, 7) is 5.51. The number of methoxy groups -OCH3 is 2. The van der Waals surface area contributed by atoms with Crippen LogP contribution in [-0.4, -0.2) is 59.8 Å². The minimum atomic E-state index is 0.0559. The van der Waals surface area contributed by atoms with Crippen LogP contribution >= 0.6 is 11.3 Å². The number of thiophene rings is 1. The maximum absolute atomic E-state index is 6.59. The molecule has 1 aliphatic heterocycles. The third kappa shape index (κ3) is 8.94. The van der Waals surface area contributed by atoms with Gasteiger partial charge in [0.05, 0.1) is 46.2 Å². The van der Waals surface area contributed by atoms with Gasteiger partial charge in [-0.3, -0.25) is 0 Å². The van der Waals surface area contributed by atoms with E-state index in [0.717, 1.165) is 65.9 Å². The standard InChI is InChI=1S/C35H43NO6S/c1-37-15-4-18-41-34-21-27(20-32-31(34)6-3-7-33(32)38-2)24-42-35-22-36-14-12-30(35)28-8-10-29(11-9-28)40-17-5-16-39-23-26-13-19-43-25-26/h3,6-11,13,19-21,25,30,35-36H,4-5,12,14-18,22-24H2,1-2H3. The van der Waals surface area contributed by atoms with Gasteiger partial charge >= 0.3 is 0 Å². The van der Waals surface area contributed by atoms with Gasteiger partial charge in [0.1, 0.15) is 17.2 Å². The summed E-state index contributed by atoms with van der Waals surface area (Å²) in [6, 6.07) is 20.9. The Morgan fingerprint density at radius 1 is 0.814 bits per heavy atom. The molecule has 0 saturated carbocycles. The first-order chi connectivity index (χ1) is 21.2. The van der Waals surface area contributed by atoms with Crippen molar-refractivity contribution in [3.05, 3.63) is 88.1 Å². The number of nitrogens with one attached hydrogen (secondary N) is 1. The number of benzene rings is 3. The molecule has 1 aliphatic rings. The molecule has 4 aromatic rings. The summed E-state index contributed by atoms with van der Waals surface area (Å²) in [4.78, 5) is 0. The van der Waals surface area contributed by atoms with Crippen LogP contribution in [0, 0.1) is 0 Å². The second kappa shape index (κ2) is 16.6. The van der Waals surface area contributed by atoms with Gasteiger partial charge in [0.25, 0.3) is 0 Å². The largest absolute Gasteiger partial charge is 0.496 e. The van der Waals surface area contributed by atoms with Crippen molar-refractivity contribution in [3.63, 3.8) is 0 Å². The van der Waals surface area contributed by atoms with E-state index >= 15 is 0 Å². The number of hydrogen-bond donors (Lipinski definition) is 1. The molecular formula is C35H43NO6S. The molecule has 1 fully saturated rings. The summed E-state index contributed by atoms with van der Waals surface area (Å²) in [5.41, 5.74) is 3.57. The fraction of sp³-hybridized carbons (Fsp3) is 0.429. The minimum Gasteiger partial charge on any atom is -0.496 e. The Kier molecular flexibility index (Phi) is 12.1. The molecule has 2 atom stereocenters. The molecule has 1 aromatic heterocycles. The number of hydrogen-bond acceptors (Lipinski definition) is 8. The Bertz CT molecular complexity index is 1380. The molecule has 0 radical (unpaired) electrons. The number of rotatable bonds is 17. The lowest BCUT2D eigenvalue weighted by molar-refractivity contribution is 0.0106. The van der Waals surface area contributed by atoms with E-state index in [4.69, 9.17) is 28.4 Å². The Labute approximate surface area is 259 Å². The summed E-state index contributed by atoms with van der Waals surface area (Å²) in [7, 11) is 3.41. The summed E-state index contributed by atoms with van der Waals surface area (Å²) in [5.74, 6) is 2.86. The molecule has 2 unspecified atom stereocenters. The van der Waals surface area contributed by atoms with Gasteiger partial charge in [0.15, 0.2) is 0 Å². The maximum Gasteiger partial charge on any atom is 0.127 e. The van der Waals surface area contributed by atoms with E-state index in [1.54, 1.807) is 25.6 Å². The Morgan fingerprint density at radius 3 is 2.49 bits per heavy atom. The third-order valence-electron chi connectivity index (χ3n) is 7.70. The molecule has 230 valence electrons. The molecule has 3 aromatic carbocycles. The van der Waals surface area contributed by atoms with Crippen molar-refractivity contribution < 1.29 is 28.4 Å². The van der Waals surface area contributed by atoms with Gasteiger partial charge in [0.2, 0.25) is 0 Å². The summed E-state index contributed by atoms with van der Waals surface area (Å²) in [5, 5.41) is 9.77. The average molecular weight is 606 g/mol. The number of ether oxygens (including phenoxy) is 6. The lowest BCUT2D eigenvalue weighted by atomic mass is 9.87. The fourth-order valence-electron chi connectivity index (χ4n) is 5.46. The average Bonchev–Trinajstić information content (AvgIpc) is 3.57. The van der Waals surface area contributed by atoms with Gasteiger partial charge < -0.3 is 33.7 Å². The zero-order chi connectivity index (χ0) is 29.7. The Balaban J connectivity index is 1.17. The third-order valence-corrected chi connectivity index (χ3v) is 8.43. The van der Waals surface area contributed by atoms with Gasteiger partial charge in [-0.1, -0.05) is 24.3 Å². The van der Waals surface area contributed by atoms with Crippen molar-refractivity contribution >= 4 is 22.1 Å². The van der Waals surface area contributed by atoms with Crippen molar-refractivity contribution in [2.45, 2.75) is 44.5 Å². The topological polar surface area (TPSA) is 67.4 Å². The van der Waals surface area contributed by atoms with Crippen LogP contribution in [0.4, 0.5) is 0 Å².